The molecule has 1 aromatic rings. The van der Waals surface area contributed by atoms with Crippen LogP contribution >= 0.6 is 0 Å². The molecule has 53 heavy (non-hydrogen) atoms. The molecule has 0 bridgehead atoms. The second kappa shape index (κ2) is 21.4. The third-order valence-electron chi connectivity index (χ3n) is 9.24. The fourth-order valence-corrected chi connectivity index (χ4v) is 5.10. The molecule has 4 aliphatic rings. The van der Waals surface area contributed by atoms with Crippen LogP contribution in [0.5, 0.6) is 11.5 Å². The number of fused-ring (bicyclic) bond motifs is 1. The van der Waals surface area contributed by atoms with Crippen molar-refractivity contribution in [1.29, 1.82) is 0 Å². The molecular weight excluding hydrogens is 670 g/mol. The van der Waals surface area contributed by atoms with Gasteiger partial charge in [-0.3, -0.25) is 0 Å². The van der Waals surface area contributed by atoms with E-state index in [-0.39, 0.29) is 56.5 Å². The van der Waals surface area contributed by atoms with Crippen LogP contribution < -0.4 is 9.31 Å². The van der Waals surface area contributed by atoms with Crippen LogP contribution in [0.1, 0.15) is 138 Å². The first kappa shape index (κ1) is 49.8. The van der Waals surface area contributed by atoms with Gasteiger partial charge in [-0.25, -0.2) is 0 Å². The normalized spacial score (nSPS) is 22.0. The van der Waals surface area contributed by atoms with Crippen LogP contribution in [0.15, 0.2) is 24.3 Å². The van der Waals surface area contributed by atoms with Crippen molar-refractivity contribution >= 4 is 35.6 Å². The SMILES string of the molecule is CC(C)B(O)O.CC(C)B1OC(C)(C)C(C)(C)O1.CC(C)B1OCC(C)(C)CO1.CC(C)B1Oc2ccccc2O1.CC1CC(C)(C)OB(C(C)C)O1. The number of rotatable bonds is 5. The predicted octanol–water partition coefficient (Wildman–Crippen LogP) is 9.16. The molecule has 4 heterocycles. The molecule has 0 spiro atoms. The number of benzene rings is 1. The van der Waals surface area contributed by atoms with Crippen LogP contribution in [0.3, 0.4) is 0 Å². The lowest BCUT2D eigenvalue weighted by atomic mass is 9.71. The molecule has 4 aliphatic heterocycles. The summed E-state index contributed by atoms with van der Waals surface area (Å²) >= 11 is 0. The van der Waals surface area contributed by atoms with Gasteiger partial charge in [0.15, 0.2) is 0 Å². The third kappa shape index (κ3) is 17.7. The molecule has 2 N–H and O–H groups in total. The molecule has 0 saturated carbocycles. The molecule has 1 atom stereocenters. The van der Waals surface area contributed by atoms with Gasteiger partial charge in [-0.1, -0.05) is 95.2 Å². The van der Waals surface area contributed by atoms with E-state index in [9.17, 15) is 0 Å². The van der Waals surface area contributed by atoms with Gasteiger partial charge in [0, 0.05) is 30.5 Å². The minimum Gasteiger partial charge on any atom is -0.523 e. The predicted molar refractivity (Wildman–Crippen MR) is 223 cm³/mol. The van der Waals surface area contributed by atoms with Crippen LogP contribution in [0.25, 0.3) is 0 Å². The quantitative estimate of drug-likeness (QED) is 0.283. The molecule has 302 valence electrons. The van der Waals surface area contributed by atoms with E-state index in [0.29, 0.717) is 29.4 Å². The number of hydrogen-bond acceptors (Lipinski definition) is 10. The first-order valence-electron chi connectivity index (χ1n) is 19.8. The molecule has 3 fully saturated rings. The summed E-state index contributed by atoms with van der Waals surface area (Å²) in [5.41, 5.74) is -0.179. The van der Waals surface area contributed by atoms with Crippen molar-refractivity contribution in [2.45, 2.75) is 190 Å². The summed E-state index contributed by atoms with van der Waals surface area (Å²) in [6.45, 7) is 41.0. The average Bonchev–Trinajstić information content (AvgIpc) is 3.55. The molecule has 0 aromatic heterocycles. The van der Waals surface area contributed by atoms with E-state index >= 15 is 0 Å². The van der Waals surface area contributed by atoms with E-state index in [1.54, 1.807) is 13.8 Å². The molecule has 1 unspecified atom stereocenters. The molecule has 0 radical (unpaired) electrons. The highest BCUT2D eigenvalue weighted by atomic mass is 16.7. The van der Waals surface area contributed by atoms with Crippen molar-refractivity contribution < 1.29 is 47.3 Å². The first-order valence-corrected chi connectivity index (χ1v) is 19.8. The smallest absolute Gasteiger partial charge is 0.523 e. The molecular formula is C38H75B5O10. The Labute approximate surface area is 326 Å². The topological polar surface area (TPSA) is 114 Å². The highest BCUT2D eigenvalue weighted by Crippen LogP contribution is 2.39. The Morgan fingerprint density at radius 3 is 1.28 bits per heavy atom. The summed E-state index contributed by atoms with van der Waals surface area (Å²) in [5.74, 6) is 3.39. The fourth-order valence-electron chi connectivity index (χ4n) is 5.10. The van der Waals surface area contributed by atoms with Crippen molar-refractivity contribution in [2.75, 3.05) is 13.2 Å². The molecule has 10 nitrogen and oxygen atoms in total. The third-order valence-corrected chi connectivity index (χ3v) is 9.24. The largest absolute Gasteiger partial charge is 0.597 e. The van der Waals surface area contributed by atoms with Gasteiger partial charge in [-0.15, -0.1) is 0 Å². The van der Waals surface area contributed by atoms with Crippen molar-refractivity contribution in [3.05, 3.63) is 24.3 Å². The van der Waals surface area contributed by atoms with Gasteiger partial charge in [0.25, 0.3) is 0 Å². The molecule has 0 amide bonds. The van der Waals surface area contributed by atoms with E-state index in [2.05, 4.69) is 118 Å². The lowest BCUT2D eigenvalue weighted by Gasteiger charge is -2.39. The standard InChI is InChI=1S/C9H11BO2.2C9H19BO2.C8H17BO2.C3H9BO2/c1-7(2)10-11-8-5-3-4-6-9(8)12-10;1-7(2)10-11-8(3)6-9(4,5)12-10;1-7(2)10-11-8(3,4)9(5,6)12-10;1-7(2)9-10-5-8(3,4)6-11-9;1-3(2)4(5)6/h3-7H,1-2H3;7-8H,6H2,1-5H3;7H,1-6H3;7H,5-6H2,1-4H3;3,5-6H,1-2H3. The minimum atomic E-state index is -1.15. The van der Waals surface area contributed by atoms with E-state index in [1.165, 1.54) is 0 Å². The Hall–Kier alpha value is -1.18. The zero-order valence-corrected chi connectivity index (χ0v) is 36.9. The lowest BCUT2D eigenvalue weighted by molar-refractivity contribution is -0.0314. The summed E-state index contributed by atoms with van der Waals surface area (Å²) in [6.07, 6.45) is 1.30. The molecule has 15 heteroatoms. The zero-order chi connectivity index (χ0) is 41.1. The molecule has 5 rings (SSSR count). The van der Waals surface area contributed by atoms with Crippen molar-refractivity contribution in [1.82, 2.24) is 0 Å². The summed E-state index contributed by atoms with van der Waals surface area (Å²) in [7, 11) is -1.31. The van der Waals surface area contributed by atoms with Gasteiger partial charge in [-0.2, -0.15) is 0 Å². The second-order valence-corrected chi connectivity index (χ2v) is 18.9. The minimum absolute atomic E-state index is 0.0167. The van der Waals surface area contributed by atoms with Crippen LogP contribution in [0.2, 0.25) is 29.1 Å². The molecule has 0 aliphatic carbocycles. The van der Waals surface area contributed by atoms with E-state index in [4.69, 9.17) is 47.3 Å². The van der Waals surface area contributed by atoms with Crippen LogP contribution in [-0.4, -0.2) is 81.8 Å². The van der Waals surface area contributed by atoms with Crippen molar-refractivity contribution in [3.63, 3.8) is 0 Å². The lowest BCUT2D eigenvalue weighted by Crippen LogP contribution is -2.47. The Morgan fingerprint density at radius 2 is 0.981 bits per heavy atom. The van der Waals surface area contributed by atoms with Gasteiger partial charge in [0.05, 0.1) is 16.8 Å². The van der Waals surface area contributed by atoms with Crippen LogP contribution in [-0.2, 0) is 27.9 Å². The second-order valence-electron chi connectivity index (χ2n) is 18.9. The summed E-state index contributed by atoms with van der Waals surface area (Å²) in [5, 5.41) is 16.4. The first-order chi connectivity index (χ1) is 24.1. The van der Waals surface area contributed by atoms with Gasteiger partial charge < -0.3 is 47.3 Å². The maximum atomic E-state index is 8.19. The van der Waals surface area contributed by atoms with Crippen LogP contribution in [0, 0.1) is 5.41 Å². The van der Waals surface area contributed by atoms with Crippen molar-refractivity contribution in [2.24, 2.45) is 5.41 Å². The van der Waals surface area contributed by atoms with E-state index in [1.807, 2.05) is 24.3 Å². The summed E-state index contributed by atoms with van der Waals surface area (Å²) in [4.78, 5) is 0. The Morgan fingerprint density at radius 1 is 0.604 bits per heavy atom. The van der Waals surface area contributed by atoms with Gasteiger partial charge in [0.1, 0.15) is 11.5 Å². The number of para-hydroxylation sites is 2. The maximum Gasteiger partial charge on any atom is 0.597 e. The summed E-state index contributed by atoms with van der Waals surface area (Å²) < 4.78 is 45.2. The summed E-state index contributed by atoms with van der Waals surface area (Å²) in [6, 6.07) is 7.76. The van der Waals surface area contributed by atoms with E-state index < -0.39 is 7.12 Å². The Kier molecular flexibility index (Phi) is 20.1. The van der Waals surface area contributed by atoms with Crippen LogP contribution in [0.4, 0.5) is 0 Å². The van der Waals surface area contributed by atoms with Gasteiger partial charge >= 0.3 is 35.6 Å². The Balaban J connectivity index is 0.000000337. The highest BCUT2D eigenvalue weighted by Gasteiger charge is 2.52. The zero-order valence-electron chi connectivity index (χ0n) is 36.9. The number of hydrogen-bond donors (Lipinski definition) is 2. The van der Waals surface area contributed by atoms with Gasteiger partial charge in [0.2, 0.25) is 0 Å². The fraction of sp³-hybridized carbons (Fsp3) is 0.842. The van der Waals surface area contributed by atoms with E-state index in [0.717, 1.165) is 31.1 Å². The maximum absolute atomic E-state index is 8.19. The Bertz CT molecular complexity index is 1120. The molecule has 1 aromatic carbocycles. The van der Waals surface area contributed by atoms with Crippen molar-refractivity contribution in [3.8, 4) is 11.5 Å². The van der Waals surface area contributed by atoms with Gasteiger partial charge in [-0.05, 0) is 90.3 Å². The molecule has 3 saturated heterocycles. The monoisotopic (exact) mass is 747 g/mol. The average molecular weight is 746 g/mol. The highest BCUT2D eigenvalue weighted by molar-refractivity contribution is 6.49.